The van der Waals surface area contributed by atoms with E-state index in [4.69, 9.17) is 0 Å². The monoisotopic (exact) mass is 168 g/mol. The molecule has 0 spiro atoms. The van der Waals surface area contributed by atoms with Gasteiger partial charge in [0.05, 0.1) is 0 Å². The van der Waals surface area contributed by atoms with Crippen LogP contribution < -0.4 is 5.56 Å². The van der Waals surface area contributed by atoms with Crippen molar-refractivity contribution < 1.29 is 0 Å². The molecule has 0 unspecified atom stereocenters. The highest BCUT2D eigenvalue weighted by molar-refractivity contribution is 5.13. The maximum absolute atomic E-state index is 11.2. The van der Waals surface area contributed by atoms with Gasteiger partial charge in [0.25, 0.3) is 5.56 Å². The van der Waals surface area contributed by atoms with Gasteiger partial charge in [-0.1, -0.05) is 13.8 Å². The molecule has 0 saturated carbocycles. The summed E-state index contributed by atoms with van der Waals surface area (Å²) in [6, 6.07) is 0. The molecule has 0 atom stereocenters. The molecule has 0 fully saturated rings. The molecule has 0 amide bonds. The van der Waals surface area contributed by atoms with E-state index in [1.54, 1.807) is 0 Å². The third-order valence-corrected chi connectivity index (χ3v) is 2.07. The number of hydrogen-bond donors (Lipinski definition) is 1. The third kappa shape index (κ3) is 1.60. The van der Waals surface area contributed by atoms with Crippen molar-refractivity contribution in [2.75, 3.05) is 0 Å². The molecule has 1 aromatic rings. The van der Waals surface area contributed by atoms with Gasteiger partial charge >= 0.3 is 0 Å². The Morgan fingerprint density at radius 3 is 2.33 bits per heavy atom. The van der Waals surface area contributed by atoms with Crippen LogP contribution in [0.5, 0.6) is 0 Å². The van der Waals surface area contributed by atoms with Crippen molar-refractivity contribution >= 4 is 0 Å². The molecule has 0 aliphatic carbocycles. The van der Waals surface area contributed by atoms with Crippen LogP contribution in [0.2, 0.25) is 0 Å². The number of aromatic nitrogens is 2. The summed E-state index contributed by atoms with van der Waals surface area (Å²) in [7, 11) is 0. The molecule has 3 heteroatoms. The average Bonchev–Trinajstić information content (AvgIpc) is 2.17. The summed E-state index contributed by atoms with van der Waals surface area (Å²) in [5.74, 6) is 0.561. The fourth-order valence-electron chi connectivity index (χ4n) is 1.20. The molecule has 1 aromatic heterocycles. The largest absolute Gasteiger partial charge is 0.289 e. The molecular weight excluding hydrogens is 152 g/mol. The molecule has 0 aromatic carbocycles. The molecule has 3 nitrogen and oxygen atoms in total. The smallest absolute Gasteiger partial charge is 0.267 e. The quantitative estimate of drug-likeness (QED) is 0.713. The molecule has 0 saturated heterocycles. The van der Waals surface area contributed by atoms with Gasteiger partial charge in [-0.3, -0.25) is 14.6 Å². The van der Waals surface area contributed by atoms with Crippen LogP contribution >= 0.6 is 0 Å². The fraction of sp³-hybridized carbons (Fsp3) is 0.667. The van der Waals surface area contributed by atoms with Gasteiger partial charge in [-0.25, -0.2) is 0 Å². The van der Waals surface area contributed by atoms with Crippen molar-refractivity contribution in [2.24, 2.45) is 5.92 Å². The highest BCUT2D eigenvalue weighted by Gasteiger charge is 2.06. The van der Waals surface area contributed by atoms with Gasteiger partial charge in [0.15, 0.2) is 0 Å². The van der Waals surface area contributed by atoms with Crippen LogP contribution in [-0.2, 0) is 6.54 Å². The van der Waals surface area contributed by atoms with E-state index in [0.29, 0.717) is 5.92 Å². The van der Waals surface area contributed by atoms with Crippen LogP contribution in [0.4, 0.5) is 0 Å². The van der Waals surface area contributed by atoms with Crippen LogP contribution in [0.3, 0.4) is 0 Å². The first-order valence-electron chi connectivity index (χ1n) is 4.28. The average molecular weight is 168 g/mol. The van der Waals surface area contributed by atoms with Crippen LogP contribution in [0.15, 0.2) is 4.79 Å². The maximum atomic E-state index is 11.2. The van der Waals surface area contributed by atoms with Gasteiger partial charge < -0.3 is 0 Å². The highest BCUT2D eigenvalue weighted by Crippen LogP contribution is 2.03. The predicted octanol–water partition coefficient (Wildman–Crippen LogP) is 1.45. The Morgan fingerprint density at radius 1 is 1.42 bits per heavy atom. The molecule has 1 heterocycles. The molecule has 68 valence electrons. The molecule has 1 N–H and O–H groups in total. The van der Waals surface area contributed by atoms with Crippen LogP contribution in [-0.4, -0.2) is 9.78 Å². The summed E-state index contributed by atoms with van der Waals surface area (Å²) in [5, 5.41) is 2.81. The van der Waals surface area contributed by atoms with Crippen LogP contribution in [0.25, 0.3) is 0 Å². The van der Waals surface area contributed by atoms with E-state index in [9.17, 15) is 4.79 Å². The SMILES string of the molecule is Cc1c(C)n(CC(C)C)[nH]c1=O. The Bertz CT molecular complexity index is 320. The molecule has 0 radical (unpaired) electrons. The van der Waals surface area contributed by atoms with Gasteiger partial charge in [0.2, 0.25) is 0 Å². The number of aromatic amines is 1. The Balaban J connectivity index is 3.02. The highest BCUT2D eigenvalue weighted by atomic mass is 16.1. The predicted molar refractivity (Wildman–Crippen MR) is 49.4 cm³/mol. The minimum atomic E-state index is 0.0353. The number of nitrogens with zero attached hydrogens (tertiary/aromatic N) is 1. The Labute approximate surface area is 72.4 Å². The van der Waals surface area contributed by atoms with Crippen LogP contribution in [0, 0.1) is 19.8 Å². The molecule has 1 rings (SSSR count). The minimum absolute atomic E-state index is 0.0353. The maximum Gasteiger partial charge on any atom is 0.267 e. The zero-order valence-corrected chi connectivity index (χ0v) is 8.14. The lowest BCUT2D eigenvalue weighted by molar-refractivity contribution is 0.472. The van der Waals surface area contributed by atoms with Crippen molar-refractivity contribution in [3.63, 3.8) is 0 Å². The van der Waals surface area contributed by atoms with Crippen LogP contribution in [0.1, 0.15) is 25.1 Å². The summed E-state index contributed by atoms with van der Waals surface area (Å²) in [6.45, 7) is 8.97. The van der Waals surface area contributed by atoms with Crippen molar-refractivity contribution in [1.82, 2.24) is 9.78 Å². The summed E-state index contributed by atoms with van der Waals surface area (Å²) >= 11 is 0. The second-order valence-corrected chi connectivity index (χ2v) is 3.66. The van der Waals surface area contributed by atoms with E-state index in [-0.39, 0.29) is 5.56 Å². The van der Waals surface area contributed by atoms with E-state index < -0.39 is 0 Å². The van der Waals surface area contributed by atoms with Crippen molar-refractivity contribution in [1.29, 1.82) is 0 Å². The van der Waals surface area contributed by atoms with Gasteiger partial charge in [-0.05, 0) is 19.8 Å². The van der Waals surface area contributed by atoms with Gasteiger partial charge in [-0.15, -0.1) is 0 Å². The van der Waals surface area contributed by atoms with Crippen molar-refractivity contribution in [2.45, 2.75) is 34.2 Å². The lowest BCUT2D eigenvalue weighted by atomic mass is 10.2. The first-order chi connectivity index (χ1) is 5.52. The number of nitrogens with one attached hydrogen (secondary N) is 1. The Morgan fingerprint density at radius 2 is 2.00 bits per heavy atom. The number of rotatable bonds is 2. The van der Waals surface area contributed by atoms with Gasteiger partial charge in [0.1, 0.15) is 0 Å². The van der Waals surface area contributed by atoms with Gasteiger partial charge in [-0.2, -0.15) is 0 Å². The fourth-order valence-corrected chi connectivity index (χ4v) is 1.20. The molecule has 0 aliphatic rings. The summed E-state index contributed by atoms with van der Waals surface area (Å²) < 4.78 is 1.92. The molecule has 0 bridgehead atoms. The zero-order valence-electron chi connectivity index (χ0n) is 8.14. The summed E-state index contributed by atoms with van der Waals surface area (Å²) in [4.78, 5) is 11.2. The van der Waals surface area contributed by atoms with E-state index in [2.05, 4.69) is 18.9 Å². The topological polar surface area (TPSA) is 37.8 Å². The first kappa shape index (κ1) is 9.10. The van der Waals surface area contributed by atoms with Crippen molar-refractivity contribution in [3.8, 4) is 0 Å². The standard InChI is InChI=1S/C9H16N2O/c1-6(2)5-11-8(4)7(3)9(12)10-11/h6H,5H2,1-4H3,(H,10,12). The Hall–Kier alpha value is -0.990. The number of hydrogen-bond acceptors (Lipinski definition) is 1. The first-order valence-corrected chi connectivity index (χ1v) is 4.28. The summed E-state index contributed by atoms with van der Waals surface area (Å²) in [6.07, 6.45) is 0. The molecular formula is C9H16N2O. The van der Waals surface area contributed by atoms with E-state index in [1.807, 2.05) is 18.5 Å². The lowest BCUT2D eigenvalue weighted by Gasteiger charge is -2.07. The third-order valence-electron chi connectivity index (χ3n) is 2.07. The van der Waals surface area contributed by atoms with E-state index in [0.717, 1.165) is 17.8 Å². The zero-order chi connectivity index (χ0) is 9.30. The lowest BCUT2D eigenvalue weighted by Crippen LogP contribution is -2.10. The normalized spacial score (nSPS) is 11.1. The molecule has 12 heavy (non-hydrogen) atoms. The van der Waals surface area contributed by atoms with Gasteiger partial charge in [0, 0.05) is 17.8 Å². The Kier molecular flexibility index (Phi) is 2.40. The second kappa shape index (κ2) is 3.17. The van der Waals surface area contributed by atoms with E-state index >= 15 is 0 Å². The summed E-state index contributed by atoms with van der Waals surface area (Å²) in [5.41, 5.74) is 1.91. The minimum Gasteiger partial charge on any atom is -0.289 e. The van der Waals surface area contributed by atoms with Crippen molar-refractivity contribution in [3.05, 3.63) is 21.6 Å². The number of H-pyrrole nitrogens is 1. The second-order valence-electron chi connectivity index (χ2n) is 3.66. The van der Waals surface area contributed by atoms with E-state index in [1.165, 1.54) is 0 Å². The molecule has 0 aliphatic heterocycles.